The van der Waals surface area contributed by atoms with E-state index in [0.717, 1.165) is 9.45 Å². The molecule has 0 aliphatic heterocycles. The first-order chi connectivity index (χ1) is 6.86. The normalized spacial score (nSPS) is 17.1. The fourth-order valence-corrected chi connectivity index (χ4v) is 3.49. The molecule has 1 fully saturated rings. The lowest BCUT2D eigenvalue weighted by Gasteiger charge is -2.09. The van der Waals surface area contributed by atoms with Crippen LogP contribution in [-0.2, 0) is 0 Å². The van der Waals surface area contributed by atoms with Crippen molar-refractivity contribution >= 4 is 28.2 Å². The molecule has 0 atom stereocenters. The molecule has 14 heavy (non-hydrogen) atoms. The number of rotatable bonds is 2. The summed E-state index contributed by atoms with van der Waals surface area (Å²) in [6.45, 7) is 0. The van der Waals surface area contributed by atoms with Gasteiger partial charge in [-0.1, -0.05) is 55.4 Å². The molecule has 1 aromatic rings. The topological polar surface area (TPSA) is 0 Å². The molecule has 0 aromatic heterocycles. The average Bonchev–Trinajstić information content (AvgIpc) is 2.72. The minimum Gasteiger partial charge on any atom is -0.111 e. The van der Waals surface area contributed by atoms with Crippen LogP contribution in [0.3, 0.4) is 0 Å². The number of benzene rings is 1. The number of hydrogen-bond donors (Lipinski definition) is 0. The average molecular weight is 222 g/mol. The van der Waals surface area contributed by atoms with Gasteiger partial charge in [-0.15, -0.1) is 11.8 Å². The second-order valence-corrected chi connectivity index (χ2v) is 5.66. The van der Waals surface area contributed by atoms with Gasteiger partial charge in [0.25, 0.3) is 0 Å². The Balaban J connectivity index is 1.95. The second kappa shape index (κ2) is 4.94. The van der Waals surface area contributed by atoms with E-state index in [1.807, 2.05) is 17.8 Å². The summed E-state index contributed by atoms with van der Waals surface area (Å²) < 4.78 is 1.07. The molecule has 0 spiro atoms. The van der Waals surface area contributed by atoms with Gasteiger partial charge >= 0.3 is 0 Å². The molecule has 0 bridgehead atoms. The lowest BCUT2D eigenvalue weighted by Crippen LogP contribution is -2.00. The minimum absolute atomic E-state index is 0.780. The van der Waals surface area contributed by atoms with Crippen molar-refractivity contribution in [2.24, 2.45) is 0 Å². The van der Waals surface area contributed by atoms with E-state index in [1.165, 1.54) is 31.2 Å². The zero-order chi connectivity index (χ0) is 9.80. The van der Waals surface area contributed by atoms with E-state index in [4.69, 9.17) is 12.2 Å². The van der Waals surface area contributed by atoms with Crippen LogP contribution in [0.25, 0.3) is 0 Å². The summed E-state index contributed by atoms with van der Waals surface area (Å²) in [5, 5.41) is 0.780. The summed E-state index contributed by atoms with van der Waals surface area (Å²) in [5.74, 6) is 0. The van der Waals surface area contributed by atoms with E-state index in [9.17, 15) is 0 Å². The minimum atomic E-state index is 0.780. The quantitative estimate of drug-likeness (QED) is 0.693. The third-order valence-electron chi connectivity index (χ3n) is 2.59. The Morgan fingerprint density at radius 1 is 1.14 bits per heavy atom. The van der Waals surface area contributed by atoms with Crippen molar-refractivity contribution in [3.8, 4) is 0 Å². The molecule has 0 heterocycles. The van der Waals surface area contributed by atoms with Crippen molar-refractivity contribution in [3.63, 3.8) is 0 Å². The Kier molecular flexibility index (Phi) is 3.60. The summed E-state index contributed by atoms with van der Waals surface area (Å²) in [7, 11) is 0. The predicted octanol–water partition coefficient (Wildman–Crippen LogP) is 4.04. The first kappa shape index (κ1) is 10.2. The molecule has 1 saturated carbocycles. The Bertz CT molecular complexity index is 299. The highest BCUT2D eigenvalue weighted by atomic mass is 32.2. The number of thioether (sulfide) groups is 1. The molecular formula is C12H14S2. The predicted molar refractivity (Wildman–Crippen MR) is 68.0 cm³/mol. The third kappa shape index (κ3) is 2.58. The van der Waals surface area contributed by atoms with Gasteiger partial charge in [0.15, 0.2) is 0 Å². The lowest BCUT2D eigenvalue weighted by molar-refractivity contribution is 0.886. The molecule has 0 radical (unpaired) electrons. The van der Waals surface area contributed by atoms with Crippen LogP contribution in [0.2, 0.25) is 0 Å². The number of thiocarbonyl (C=S) groups is 1. The Labute approximate surface area is 95.1 Å². The van der Waals surface area contributed by atoms with E-state index < -0.39 is 0 Å². The Morgan fingerprint density at radius 3 is 2.43 bits per heavy atom. The second-order valence-electron chi connectivity index (χ2n) is 3.68. The van der Waals surface area contributed by atoms with Crippen LogP contribution in [0.5, 0.6) is 0 Å². The van der Waals surface area contributed by atoms with Gasteiger partial charge in [0.05, 0.1) is 4.20 Å². The van der Waals surface area contributed by atoms with Gasteiger partial charge in [-0.2, -0.15) is 0 Å². The van der Waals surface area contributed by atoms with Crippen molar-refractivity contribution in [2.45, 2.75) is 30.9 Å². The highest BCUT2D eigenvalue weighted by Crippen LogP contribution is 2.31. The molecule has 0 saturated heterocycles. The maximum atomic E-state index is 5.42. The van der Waals surface area contributed by atoms with Crippen LogP contribution >= 0.6 is 24.0 Å². The third-order valence-corrected chi connectivity index (χ3v) is 4.36. The molecule has 0 amide bonds. The van der Waals surface area contributed by atoms with Crippen molar-refractivity contribution < 1.29 is 0 Å². The first-order valence-corrected chi connectivity index (χ1v) is 6.41. The van der Waals surface area contributed by atoms with Gasteiger partial charge < -0.3 is 0 Å². The van der Waals surface area contributed by atoms with E-state index in [2.05, 4.69) is 24.3 Å². The van der Waals surface area contributed by atoms with Crippen LogP contribution < -0.4 is 0 Å². The SMILES string of the molecule is S=C(SC1CCCC1)c1ccccc1. The van der Waals surface area contributed by atoms with Crippen LogP contribution in [0, 0.1) is 0 Å². The Morgan fingerprint density at radius 2 is 1.79 bits per heavy atom. The maximum absolute atomic E-state index is 5.42. The summed E-state index contributed by atoms with van der Waals surface area (Å²) >= 11 is 7.31. The van der Waals surface area contributed by atoms with Gasteiger partial charge in [-0.25, -0.2) is 0 Å². The molecule has 1 aromatic carbocycles. The van der Waals surface area contributed by atoms with Gasteiger partial charge in [0.2, 0.25) is 0 Å². The lowest BCUT2D eigenvalue weighted by atomic mass is 10.2. The number of hydrogen-bond acceptors (Lipinski definition) is 2. The monoisotopic (exact) mass is 222 g/mol. The van der Waals surface area contributed by atoms with Crippen molar-refractivity contribution in [2.75, 3.05) is 0 Å². The molecule has 2 heteroatoms. The molecule has 0 unspecified atom stereocenters. The standard InChI is InChI=1S/C12H14S2/c13-12(10-6-2-1-3-7-10)14-11-8-4-5-9-11/h1-3,6-7,11H,4-5,8-9H2. The van der Waals surface area contributed by atoms with Gasteiger partial charge in [-0.3, -0.25) is 0 Å². The molecule has 74 valence electrons. The fourth-order valence-electron chi connectivity index (χ4n) is 1.80. The van der Waals surface area contributed by atoms with Crippen LogP contribution in [0.4, 0.5) is 0 Å². The molecule has 2 rings (SSSR count). The van der Waals surface area contributed by atoms with Crippen LogP contribution in [0.15, 0.2) is 30.3 Å². The van der Waals surface area contributed by atoms with E-state index in [0.29, 0.717) is 0 Å². The highest BCUT2D eigenvalue weighted by molar-refractivity contribution is 8.24. The zero-order valence-corrected chi connectivity index (χ0v) is 9.74. The smallest absolute Gasteiger partial charge is 0.0780 e. The van der Waals surface area contributed by atoms with Crippen LogP contribution in [-0.4, -0.2) is 9.45 Å². The van der Waals surface area contributed by atoms with Gasteiger partial charge in [0, 0.05) is 5.25 Å². The van der Waals surface area contributed by atoms with Gasteiger partial charge in [0.1, 0.15) is 0 Å². The molecule has 1 aliphatic carbocycles. The summed E-state index contributed by atoms with van der Waals surface area (Å²) in [6, 6.07) is 10.3. The van der Waals surface area contributed by atoms with E-state index >= 15 is 0 Å². The summed E-state index contributed by atoms with van der Waals surface area (Å²) in [4.78, 5) is 0. The zero-order valence-electron chi connectivity index (χ0n) is 8.11. The molecule has 1 aliphatic rings. The summed E-state index contributed by atoms with van der Waals surface area (Å²) in [6.07, 6.45) is 5.46. The fraction of sp³-hybridized carbons (Fsp3) is 0.417. The largest absolute Gasteiger partial charge is 0.111 e. The van der Waals surface area contributed by atoms with Gasteiger partial charge in [-0.05, 0) is 18.4 Å². The molecule has 0 N–H and O–H groups in total. The highest BCUT2D eigenvalue weighted by Gasteiger charge is 2.17. The van der Waals surface area contributed by atoms with E-state index in [1.54, 1.807) is 0 Å². The van der Waals surface area contributed by atoms with Crippen molar-refractivity contribution in [1.82, 2.24) is 0 Å². The van der Waals surface area contributed by atoms with Crippen molar-refractivity contribution in [3.05, 3.63) is 35.9 Å². The maximum Gasteiger partial charge on any atom is 0.0780 e. The van der Waals surface area contributed by atoms with Crippen molar-refractivity contribution in [1.29, 1.82) is 0 Å². The Hall–Kier alpha value is -0.340. The van der Waals surface area contributed by atoms with Crippen LogP contribution in [0.1, 0.15) is 31.2 Å². The molecular weight excluding hydrogens is 208 g/mol. The molecule has 0 nitrogen and oxygen atoms in total. The first-order valence-electron chi connectivity index (χ1n) is 5.12. The summed E-state index contributed by atoms with van der Waals surface area (Å²) in [5.41, 5.74) is 1.21. The van der Waals surface area contributed by atoms with E-state index in [-0.39, 0.29) is 0 Å².